The van der Waals surface area contributed by atoms with Crippen molar-refractivity contribution in [3.8, 4) is 5.75 Å². The van der Waals surface area contributed by atoms with E-state index in [-0.39, 0.29) is 0 Å². The highest BCUT2D eigenvalue weighted by Crippen LogP contribution is 2.16. The van der Waals surface area contributed by atoms with E-state index in [1.807, 2.05) is 18.2 Å². The number of benzene rings is 2. The van der Waals surface area contributed by atoms with Crippen molar-refractivity contribution >= 4 is 11.0 Å². The fourth-order valence-electron chi connectivity index (χ4n) is 2.60. The first kappa shape index (κ1) is 13.7. The molecule has 0 aliphatic carbocycles. The lowest BCUT2D eigenvalue weighted by atomic mass is 10.2. The summed E-state index contributed by atoms with van der Waals surface area (Å²) in [6.07, 6.45) is 0.967. The maximum atomic E-state index is 5.80. The van der Waals surface area contributed by atoms with E-state index in [1.165, 1.54) is 11.1 Å². The van der Waals surface area contributed by atoms with Crippen molar-refractivity contribution in [1.29, 1.82) is 0 Å². The first-order valence-corrected chi connectivity index (χ1v) is 7.35. The van der Waals surface area contributed by atoms with E-state index in [4.69, 9.17) is 4.74 Å². The van der Waals surface area contributed by atoms with E-state index in [1.54, 1.807) is 0 Å². The molecule has 3 rings (SSSR count). The number of aromatic nitrogens is 2. The normalized spacial score (nSPS) is 11.0. The molecule has 0 radical (unpaired) electrons. The number of hydrogen-bond acceptors (Lipinski definition) is 2. The third kappa shape index (κ3) is 3.07. The van der Waals surface area contributed by atoms with Gasteiger partial charge in [-0.1, -0.05) is 24.3 Å². The average molecular weight is 280 g/mol. The molecular formula is C18H20N2O. The standard InChI is InChI=1S/C18H20N2O/c1-14-7-5-8-16(13-14)21-12-6-11-20-15(2)19-17-9-3-4-10-18(17)20/h3-5,7-10,13H,6,11-12H2,1-2H3. The van der Waals surface area contributed by atoms with Crippen LogP contribution in [0, 0.1) is 13.8 Å². The Morgan fingerprint density at radius 2 is 1.90 bits per heavy atom. The molecule has 0 spiro atoms. The van der Waals surface area contributed by atoms with Crippen LogP contribution in [0.1, 0.15) is 17.8 Å². The van der Waals surface area contributed by atoms with Gasteiger partial charge in [0.25, 0.3) is 0 Å². The number of hydrogen-bond donors (Lipinski definition) is 0. The van der Waals surface area contributed by atoms with Gasteiger partial charge >= 0.3 is 0 Å². The molecule has 1 heterocycles. The van der Waals surface area contributed by atoms with Gasteiger partial charge in [-0.25, -0.2) is 4.98 Å². The fourth-order valence-corrected chi connectivity index (χ4v) is 2.60. The second-order valence-electron chi connectivity index (χ2n) is 5.32. The predicted octanol–water partition coefficient (Wildman–Crippen LogP) is 4.12. The number of para-hydroxylation sites is 2. The molecular weight excluding hydrogens is 260 g/mol. The fraction of sp³-hybridized carbons (Fsp3) is 0.278. The molecule has 0 unspecified atom stereocenters. The number of rotatable bonds is 5. The highest BCUT2D eigenvalue weighted by atomic mass is 16.5. The van der Waals surface area contributed by atoms with Crippen molar-refractivity contribution < 1.29 is 4.74 Å². The summed E-state index contributed by atoms with van der Waals surface area (Å²) in [6, 6.07) is 16.4. The van der Waals surface area contributed by atoms with Gasteiger partial charge in [-0.3, -0.25) is 0 Å². The summed E-state index contributed by atoms with van der Waals surface area (Å²) in [7, 11) is 0. The largest absolute Gasteiger partial charge is 0.494 e. The molecule has 0 N–H and O–H groups in total. The highest BCUT2D eigenvalue weighted by molar-refractivity contribution is 5.75. The van der Waals surface area contributed by atoms with E-state index in [0.29, 0.717) is 0 Å². The minimum Gasteiger partial charge on any atom is -0.494 e. The molecule has 0 amide bonds. The van der Waals surface area contributed by atoms with Crippen LogP contribution in [0.25, 0.3) is 11.0 Å². The number of fused-ring (bicyclic) bond motifs is 1. The minimum absolute atomic E-state index is 0.718. The number of imidazole rings is 1. The lowest BCUT2D eigenvalue weighted by Crippen LogP contribution is -2.06. The van der Waals surface area contributed by atoms with Gasteiger partial charge in [-0.15, -0.1) is 0 Å². The summed E-state index contributed by atoms with van der Waals surface area (Å²) in [6.45, 7) is 5.78. The maximum Gasteiger partial charge on any atom is 0.119 e. The molecule has 21 heavy (non-hydrogen) atoms. The first-order valence-electron chi connectivity index (χ1n) is 7.35. The maximum absolute atomic E-state index is 5.80. The van der Waals surface area contributed by atoms with Gasteiger partial charge in [-0.2, -0.15) is 0 Å². The second kappa shape index (κ2) is 6.00. The zero-order chi connectivity index (χ0) is 14.7. The van der Waals surface area contributed by atoms with Gasteiger partial charge in [0.1, 0.15) is 11.6 Å². The molecule has 108 valence electrons. The van der Waals surface area contributed by atoms with Crippen molar-refractivity contribution in [3.63, 3.8) is 0 Å². The van der Waals surface area contributed by atoms with Crippen LogP contribution in [-0.2, 0) is 6.54 Å². The lowest BCUT2D eigenvalue weighted by molar-refractivity contribution is 0.302. The van der Waals surface area contributed by atoms with E-state index in [2.05, 4.69) is 53.7 Å². The summed E-state index contributed by atoms with van der Waals surface area (Å²) in [5.41, 5.74) is 3.49. The summed E-state index contributed by atoms with van der Waals surface area (Å²) in [4.78, 5) is 4.58. The van der Waals surface area contributed by atoms with Crippen LogP contribution >= 0.6 is 0 Å². The average Bonchev–Trinajstić information content (AvgIpc) is 2.79. The second-order valence-corrected chi connectivity index (χ2v) is 5.32. The van der Waals surface area contributed by atoms with Gasteiger partial charge in [0.2, 0.25) is 0 Å². The van der Waals surface area contributed by atoms with Crippen LogP contribution in [0.2, 0.25) is 0 Å². The zero-order valence-electron chi connectivity index (χ0n) is 12.5. The Kier molecular flexibility index (Phi) is 3.91. The summed E-state index contributed by atoms with van der Waals surface area (Å²) in [5, 5.41) is 0. The number of ether oxygens (including phenoxy) is 1. The monoisotopic (exact) mass is 280 g/mol. The molecule has 0 saturated carbocycles. The molecule has 0 saturated heterocycles. The van der Waals surface area contributed by atoms with Gasteiger partial charge in [0, 0.05) is 6.54 Å². The van der Waals surface area contributed by atoms with Crippen LogP contribution in [0.15, 0.2) is 48.5 Å². The highest BCUT2D eigenvalue weighted by Gasteiger charge is 2.05. The number of aryl methyl sites for hydroxylation is 3. The minimum atomic E-state index is 0.718. The lowest BCUT2D eigenvalue weighted by Gasteiger charge is -2.09. The zero-order valence-corrected chi connectivity index (χ0v) is 12.5. The van der Waals surface area contributed by atoms with E-state index >= 15 is 0 Å². The Bertz CT molecular complexity index is 746. The Morgan fingerprint density at radius 1 is 1.05 bits per heavy atom. The topological polar surface area (TPSA) is 27.1 Å². The molecule has 0 aliphatic heterocycles. The summed E-state index contributed by atoms with van der Waals surface area (Å²) < 4.78 is 8.06. The van der Waals surface area contributed by atoms with Crippen molar-refractivity contribution in [2.75, 3.05) is 6.61 Å². The summed E-state index contributed by atoms with van der Waals surface area (Å²) >= 11 is 0. The van der Waals surface area contributed by atoms with Crippen LogP contribution in [0.5, 0.6) is 5.75 Å². The van der Waals surface area contributed by atoms with E-state index < -0.39 is 0 Å². The van der Waals surface area contributed by atoms with Crippen LogP contribution in [-0.4, -0.2) is 16.2 Å². The van der Waals surface area contributed by atoms with Crippen molar-refractivity contribution in [2.24, 2.45) is 0 Å². The van der Waals surface area contributed by atoms with E-state index in [9.17, 15) is 0 Å². The smallest absolute Gasteiger partial charge is 0.119 e. The van der Waals surface area contributed by atoms with Crippen molar-refractivity contribution in [1.82, 2.24) is 9.55 Å². The molecule has 0 fully saturated rings. The quantitative estimate of drug-likeness (QED) is 0.657. The molecule has 0 aliphatic rings. The molecule has 3 aromatic rings. The molecule has 0 atom stereocenters. The predicted molar refractivity (Wildman–Crippen MR) is 85.8 cm³/mol. The number of nitrogens with zero attached hydrogens (tertiary/aromatic N) is 2. The third-order valence-corrected chi connectivity index (χ3v) is 3.63. The third-order valence-electron chi connectivity index (χ3n) is 3.63. The molecule has 1 aromatic heterocycles. The Morgan fingerprint density at radius 3 is 2.76 bits per heavy atom. The molecule has 0 bridgehead atoms. The van der Waals surface area contributed by atoms with Gasteiger partial charge in [0.05, 0.1) is 17.6 Å². The van der Waals surface area contributed by atoms with Crippen molar-refractivity contribution in [2.45, 2.75) is 26.8 Å². The van der Waals surface area contributed by atoms with Crippen LogP contribution < -0.4 is 4.74 Å². The Hall–Kier alpha value is -2.29. The SMILES string of the molecule is Cc1cccc(OCCCn2c(C)nc3ccccc32)c1. The Labute approximate surface area is 125 Å². The van der Waals surface area contributed by atoms with Crippen LogP contribution in [0.3, 0.4) is 0 Å². The molecule has 2 aromatic carbocycles. The summed E-state index contributed by atoms with van der Waals surface area (Å²) in [5.74, 6) is 2.01. The molecule has 3 nitrogen and oxygen atoms in total. The van der Waals surface area contributed by atoms with Crippen molar-refractivity contribution in [3.05, 3.63) is 59.9 Å². The van der Waals surface area contributed by atoms with E-state index in [0.717, 1.165) is 36.7 Å². The first-order chi connectivity index (χ1) is 10.2. The van der Waals surface area contributed by atoms with Crippen LogP contribution in [0.4, 0.5) is 0 Å². The Balaban J connectivity index is 1.61. The van der Waals surface area contributed by atoms with Gasteiger partial charge in [0.15, 0.2) is 0 Å². The van der Waals surface area contributed by atoms with Gasteiger partial charge in [-0.05, 0) is 50.1 Å². The molecule has 3 heteroatoms. The van der Waals surface area contributed by atoms with Gasteiger partial charge < -0.3 is 9.30 Å².